The number of rotatable bonds is 4. The summed E-state index contributed by atoms with van der Waals surface area (Å²) in [5.74, 6) is 1.31. The standard InChI is InChI=1S/C9H11NO.C9H5NO.C6H5BrO.C5H11BrO.4CH4/c2*10-6-7-2-1-3-9-8(7)4-5-11-9;7-5-2-1-3-6(8)4-5;1-3-7-5(2)4-6;;;;/h1-3H,4-6,10H2;1-5H;1-4,8H;5H,3-4H2,1-2H3;4*1H4. The summed E-state index contributed by atoms with van der Waals surface area (Å²) in [6.45, 7) is 6.28. The van der Waals surface area contributed by atoms with Crippen LogP contribution in [-0.4, -0.2) is 29.8 Å². The zero-order valence-electron chi connectivity index (χ0n) is 21.0. The molecule has 2 heterocycles. The number of hydrogen-bond acceptors (Lipinski definition) is 6. The second-order valence-corrected chi connectivity index (χ2v) is 9.41. The smallest absolute Gasteiger partial charge is 0.135 e. The van der Waals surface area contributed by atoms with Gasteiger partial charge in [-0.1, -0.05) is 85.8 Å². The molecule has 0 spiro atoms. The number of nitriles is 1. The molecule has 0 saturated carbocycles. The summed E-state index contributed by atoms with van der Waals surface area (Å²) in [5, 5.41) is 19.3. The number of aromatic hydroxyl groups is 1. The molecule has 6 nitrogen and oxygen atoms in total. The van der Waals surface area contributed by atoms with Crippen LogP contribution in [0.25, 0.3) is 11.0 Å². The Balaban J connectivity index is -0.000000463. The molecule has 8 heteroatoms. The molecule has 0 radical (unpaired) electrons. The van der Waals surface area contributed by atoms with Crippen molar-refractivity contribution in [2.24, 2.45) is 5.73 Å². The zero-order chi connectivity index (χ0) is 27.0. The second kappa shape index (κ2) is 23.8. The van der Waals surface area contributed by atoms with Crippen LogP contribution >= 0.6 is 31.9 Å². The number of alkyl halides is 1. The van der Waals surface area contributed by atoms with E-state index in [1.54, 1.807) is 36.6 Å². The number of phenolic OH excluding ortho intramolecular Hbond substituents is 1. The Labute approximate surface area is 264 Å². The van der Waals surface area contributed by atoms with Crippen LogP contribution in [0.1, 0.15) is 60.2 Å². The van der Waals surface area contributed by atoms with Crippen LogP contribution in [0.5, 0.6) is 11.5 Å². The molecular formula is C33H48Br2N2O4. The second-order valence-electron chi connectivity index (χ2n) is 7.85. The molecule has 5 rings (SSSR count). The molecule has 0 fully saturated rings. The molecule has 0 saturated heterocycles. The summed E-state index contributed by atoms with van der Waals surface area (Å²) in [7, 11) is 0. The predicted molar refractivity (Wildman–Crippen MR) is 182 cm³/mol. The third-order valence-electron chi connectivity index (χ3n) is 5.15. The van der Waals surface area contributed by atoms with Crippen LogP contribution in [0.15, 0.2) is 81.9 Å². The average Bonchev–Trinajstić information content (AvgIpc) is 3.59. The minimum atomic E-state index is 0. The molecule has 1 aromatic heterocycles. The maximum absolute atomic E-state index is 8.78. The molecule has 0 aliphatic carbocycles. The fourth-order valence-electron chi connectivity index (χ4n) is 3.38. The number of phenols is 1. The maximum Gasteiger partial charge on any atom is 0.135 e. The number of fused-ring (bicyclic) bond motifs is 2. The summed E-state index contributed by atoms with van der Waals surface area (Å²) in [6.07, 6.45) is 2.97. The quantitative estimate of drug-likeness (QED) is 0.206. The third-order valence-corrected chi connectivity index (χ3v) is 6.56. The molecule has 4 aromatic rings. The van der Waals surface area contributed by atoms with E-state index in [2.05, 4.69) is 44.0 Å². The van der Waals surface area contributed by atoms with Gasteiger partial charge in [0.05, 0.1) is 30.6 Å². The van der Waals surface area contributed by atoms with E-state index in [0.717, 1.165) is 46.2 Å². The molecular weight excluding hydrogens is 648 g/mol. The minimum absolute atomic E-state index is 0. The molecule has 3 aromatic carbocycles. The number of hydrogen-bond donors (Lipinski definition) is 2. The van der Waals surface area contributed by atoms with Crippen LogP contribution in [0.3, 0.4) is 0 Å². The first-order valence-corrected chi connectivity index (χ1v) is 13.8. The molecule has 41 heavy (non-hydrogen) atoms. The van der Waals surface area contributed by atoms with Crippen molar-refractivity contribution in [3.63, 3.8) is 0 Å². The van der Waals surface area contributed by atoms with Gasteiger partial charge < -0.3 is 24.7 Å². The lowest BCUT2D eigenvalue weighted by Gasteiger charge is -2.04. The summed E-state index contributed by atoms with van der Waals surface area (Å²) in [5.41, 5.74) is 9.52. The van der Waals surface area contributed by atoms with Gasteiger partial charge >= 0.3 is 0 Å². The Morgan fingerprint density at radius 3 is 2.27 bits per heavy atom. The number of nitrogens with zero attached hydrogens (tertiary/aromatic N) is 1. The summed E-state index contributed by atoms with van der Waals surface area (Å²) >= 11 is 6.49. The molecule has 1 aliphatic heterocycles. The molecule has 0 bridgehead atoms. The van der Waals surface area contributed by atoms with Crippen molar-refractivity contribution in [3.05, 3.63) is 94.2 Å². The topological polar surface area (TPSA) is 102 Å². The van der Waals surface area contributed by atoms with E-state index >= 15 is 0 Å². The third kappa shape index (κ3) is 14.6. The lowest BCUT2D eigenvalue weighted by atomic mass is 10.1. The Hall–Kier alpha value is -2.83. The van der Waals surface area contributed by atoms with Gasteiger partial charge in [0.1, 0.15) is 17.1 Å². The highest BCUT2D eigenvalue weighted by Gasteiger charge is 2.13. The van der Waals surface area contributed by atoms with Crippen molar-refractivity contribution in [1.82, 2.24) is 0 Å². The molecule has 1 atom stereocenters. The van der Waals surface area contributed by atoms with Crippen LogP contribution in [0.2, 0.25) is 0 Å². The van der Waals surface area contributed by atoms with E-state index in [1.165, 1.54) is 11.1 Å². The summed E-state index contributed by atoms with van der Waals surface area (Å²) in [4.78, 5) is 0. The van der Waals surface area contributed by atoms with Crippen LogP contribution in [-0.2, 0) is 17.7 Å². The Kier molecular flexibility index (Phi) is 24.8. The first-order valence-electron chi connectivity index (χ1n) is 11.8. The normalized spacial score (nSPS) is 10.6. The predicted octanol–water partition coefficient (Wildman–Crippen LogP) is 9.89. The van der Waals surface area contributed by atoms with E-state index in [4.69, 9.17) is 30.0 Å². The van der Waals surface area contributed by atoms with E-state index in [-0.39, 0.29) is 29.7 Å². The first-order chi connectivity index (χ1) is 17.9. The maximum atomic E-state index is 8.78. The largest absolute Gasteiger partial charge is 0.508 e. The van der Waals surface area contributed by atoms with Gasteiger partial charge in [0.25, 0.3) is 0 Å². The van der Waals surface area contributed by atoms with Crippen molar-refractivity contribution >= 4 is 42.8 Å². The SMILES string of the molecule is C.C.C.C.CCOC(C)CBr.N#Cc1cccc2occc12.NCc1cccc2c1CCO2.Oc1cccc(Br)c1. The Bertz CT molecular complexity index is 1250. The first kappa shape index (κ1) is 42.6. The summed E-state index contributed by atoms with van der Waals surface area (Å²) in [6, 6.07) is 22.3. The molecule has 0 amide bonds. The summed E-state index contributed by atoms with van der Waals surface area (Å²) < 4.78 is 16.5. The van der Waals surface area contributed by atoms with Crippen LogP contribution in [0, 0.1) is 11.3 Å². The van der Waals surface area contributed by atoms with Gasteiger partial charge in [0.15, 0.2) is 0 Å². The lowest BCUT2D eigenvalue weighted by Crippen LogP contribution is -2.07. The molecule has 1 unspecified atom stereocenters. The number of furan rings is 1. The Morgan fingerprint density at radius 2 is 1.73 bits per heavy atom. The Morgan fingerprint density at radius 1 is 1.05 bits per heavy atom. The molecule has 228 valence electrons. The number of halogens is 2. The van der Waals surface area contributed by atoms with Gasteiger partial charge in [-0.25, -0.2) is 0 Å². The van der Waals surface area contributed by atoms with Crippen LogP contribution in [0.4, 0.5) is 0 Å². The highest BCUT2D eigenvalue weighted by atomic mass is 79.9. The fourth-order valence-corrected chi connectivity index (χ4v) is 3.96. The average molecular weight is 697 g/mol. The monoisotopic (exact) mass is 694 g/mol. The van der Waals surface area contributed by atoms with E-state index in [1.807, 2.05) is 44.2 Å². The van der Waals surface area contributed by atoms with Gasteiger partial charge in [-0.3, -0.25) is 0 Å². The molecule has 1 aliphatic rings. The number of ether oxygens (including phenoxy) is 2. The number of nitrogens with two attached hydrogens (primary N) is 1. The van der Waals surface area contributed by atoms with Crippen molar-refractivity contribution in [2.75, 3.05) is 18.5 Å². The van der Waals surface area contributed by atoms with Crippen molar-refractivity contribution in [1.29, 1.82) is 5.26 Å². The van der Waals surface area contributed by atoms with Gasteiger partial charge in [-0.05, 0) is 61.9 Å². The van der Waals surface area contributed by atoms with E-state index in [0.29, 0.717) is 24.0 Å². The zero-order valence-corrected chi connectivity index (χ0v) is 24.2. The van der Waals surface area contributed by atoms with Gasteiger partial charge in [0, 0.05) is 40.3 Å². The highest BCUT2D eigenvalue weighted by Crippen LogP contribution is 2.27. The van der Waals surface area contributed by atoms with Gasteiger partial charge in [0.2, 0.25) is 0 Å². The van der Waals surface area contributed by atoms with E-state index < -0.39 is 0 Å². The highest BCUT2D eigenvalue weighted by molar-refractivity contribution is 9.10. The minimum Gasteiger partial charge on any atom is -0.508 e. The van der Waals surface area contributed by atoms with Crippen molar-refractivity contribution in [2.45, 2.75) is 62.6 Å². The number of benzene rings is 3. The van der Waals surface area contributed by atoms with Gasteiger partial charge in [-0.2, -0.15) is 5.26 Å². The van der Waals surface area contributed by atoms with Crippen LogP contribution < -0.4 is 10.5 Å². The fraction of sp³-hybridized carbons (Fsp3) is 0.364. The van der Waals surface area contributed by atoms with Gasteiger partial charge in [-0.15, -0.1) is 0 Å². The van der Waals surface area contributed by atoms with Crippen molar-refractivity contribution in [3.8, 4) is 17.6 Å². The lowest BCUT2D eigenvalue weighted by molar-refractivity contribution is 0.0940. The van der Waals surface area contributed by atoms with Crippen molar-refractivity contribution < 1.29 is 19.0 Å². The molecule has 3 N–H and O–H groups in total. The van der Waals surface area contributed by atoms with E-state index in [9.17, 15) is 0 Å².